The van der Waals surface area contributed by atoms with Crippen LogP contribution in [-0.2, 0) is 14.3 Å². The number of hydrogen-bond acceptors (Lipinski definition) is 5. The molecule has 0 unspecified atom stereocenters. The smallest absolute Gasteiger partial charge is 0.198 e. The first kappa shape index (κ1) is 12.8. The van der Waals surface area contributed by atoms with Crippen LogP contribution >= 0.6 is 0 Å². The molecular formula is C13H10F2NO4-. The van der Waals surface area contributed by atoms with Gasteiger partial charge < -0.3 is 19.5 Å². The zero-order valence-electron chi connectivity index (χ0n) is 10.4. The predicted octanol–water partition coefficient (Wildman–Crippen LogP) is -0.0435. The molecule has 20 heavy (non-hydrogen) atoms. The fourth-order valence-electron chi connectivity index (χ4n) is 2.74. The minimum atomic E-state index is -1.63. The molecule has 0 N–H and O–H groups in total. The number of nitrogens with zero attached hydrogens (tertiary/aromatic N) is 1. The Kier molecular flexibility index (Phi) is 2.67. The Morgan fingerprint density at radius 3 is 2.85 bits per heavy atom. The summed E-state index contributed by atoms with van der Waals surface area (Å²) in [4.78, 5) is 24.6. The SMILES string of the molecule is C[C@H]1COC2=C(F)C(F)=C[C@H]3C(=O)C(C(=O)[O-])=CN1[C@H]23. The van der Waals surface area contributed by atoms with Gasteiger partial charge in [0.15, 0.2) is 23.2 Å². The molecule has 3 aliphatic rings. The molecule has 1 aliphatic carbocycles. The summed E-state index contributed by atoms with van der Waals surface area (Å²) in [6.45, 7) is 1.81. The van der Waals surface area contributed by atoms with E-state index in [-0.39, 0.29) is 18.4 Å². The Labute approximate surface area is 112 Å². The van der Waals surface area contributed by atoms with Gasteiger partial charge in [0, 0.05) is 6.20 Å². The molecule has 106 valence electrons. The van der Waals surface area contributed by atoms with Crippen LogP contribution in [0.2, 0.25) is 0 Å². The van der Waals surface area contributed by atoms with Crippen LogP contribution in [0.15, 0.2) is 35.3 Å². The monoisotopic (exact) mass is 282 g/mol. The normalized spacial score (nSPS) is 32.2. The summed E-state index contributed by atoms with van der Waals surface area (Å²) in [5.41, 5.74) is -0.536. The van der Waals surface area contributed by atoms with Gasteiger partial charge in [0.25, 0.3) is 0 Å². The van der Waals surface area contributed by atoms with Gasteiger partial charge >= 0.3 is 0 Å². The molecule has 0 aromatic carbocycles. The number of rotatable bonds is 1. The van der Waals surface area contributed by atoms with Gasteiger partial charge in [0.1, 0.15) is 12.6 Å². The fraction of sp³-hybridized carbons (Fsp3) is 0.385. The number of aliphatic carboxylic acids is 1. The van der Waals surface area contributed by atoms with E-state index < -0.39 is 40.9 Å². The minimum Gasteiger partial charge on any atom is -0.545 e. The molecule has 0 saturated carbocycles. The van der Waals surface area contributed by atoms with Crippen molar-refractivity contribution in [2.45, 2.75) is 19.0 Å². The van der Waals surface area contributed by atoms with Crippen LogP contribution in [0.3, 0.4) is 0 Å². The standard InChI is InChI=1S/C13H11F2NO4/c1-5-4-20-12-9(15)8(14)2-6-10(12)16(5)3-7(11(6)17)13(18)19/h2-3,5-6,10H,4H2,1H3,(H,18,19)/p-1/t5-,6+,10-/m0/s1. The van der Waals surface area contributed by atoms with Gasteiger partial charge in [0.05, 0.1) is 23.5 Å². The van der Waals surface area contributed by atoms with Crippen molar-refractivity contribution in [2.75, 3.05) is 6.61 Å². The number of morpholine rings is 1. The lowest BCUT2D eigenvalue weighted by Crippen LogP contribution is -2.56. The lowest BCUT2D eigenvalue weighted by atomic mass is 9.81. The van der Waals surface area contributed by atoms with Crippen molar-refractivity contribution in [1.82, 2.24) is 4.90 Å². The zero-order valence-corrected chi connectivity index (χ0v) is 10.4. The van der Waals surface area contributed by atoms with Crippen molar-refractivity contribution >= 4 is 11.8 Å². The number of carboxylic acids is 1. The average Bonchev–Trinajstić information content (AvgIpc) is 2.39. The summed E-state index contributed by atoms with van der Waals surface area (Å²) in [5.74, 6) is -6.15. The van der Waals surface area contributed by atoms with E-state index >= 15 is 0 Å². The number of ether oxygens (including phenoxy) is 1. The highest BCUT2D eigenvalue weighted by molar-refractivity contribution is 6.18. The van der Waals surface area contributed by atoms with Crippen LogP contribution in [0.4, 0.5) is 8.78 Å². The maximum Gasteiger partial charge on any atom is 0.198 e. The quantitative estimate of drug-likeness (QED) is 0.631. The van der Waals surface area contributed by atoms with Crippen LogP contribution < -0.4 is 5.11 Å². The first-order valence-electron chi connectivity index (χ1n) is 6.06. The van der Waals surface area contributed by atoms with Gasteiger partial charge in [-0.25, -0.2) is 4.39 Å². The largest absolute Gasteiger partial charge is 0.545 e. The topological polar surface area (TPSA) is 69.7 Å². The molecule has 1 saturated heterocycles. The number of ketones is 1. The van der Waals surface area contributed by atoms with Crippen LogP contribution in [0.25, 0.3) is 0 Å². The van der Waals surface area contributed by atoms with E-state index in [9.17, 15) is 23.5 Å². The molecule has 0 aromatic heterocycles. The molecule has 3 atom stereocenters. The summed E-state index contributed by atoms with van der Waals surface area (Å²) in [5, 5.41) is 11.0. The van der Waals surface area contributed by atoms with E-state index in [0.29, 0.717) is 0 Å². The van der Waals surface area contributed by atoms with Crippen molar-refractivity contribution in [3.8, 4) is 0 Å². The number of carboxylic acid groups (broad SMARTS) is 1. The highest BCUT2D eigenvalue weighted by atomic mass is 19.2. The fourth-order valence-corrected chi connectivity index (χ4v) is 2.74. The van der Waals surface area contributed by atoms with Gasteiger partial charge in [0.2, 0.25) is 0 Å². The van der Waals surface area contributed by atoms with Gasteiger partial charge in [-0.3, -0.25) is 4.79 Å². The van der Waals surface area contributed by atoms with Crippen molar-refractivity contribution in [3.63, 3.8) is 0 Å². The van der Waals surface area contributed by atoms with Crippen molar-refractivity contribution in [3.05, 3.63) is 35.3 Å². The highest BCUT2D eigenvalue weighted by Gasteiger charge is 2.48. The lowest BCUT2D eigenvalue weighted by Gasteiger charge is -2.47. The van der Waals surface area contributed by atoms with Gasteiger partial charge in [-0.15, -0.1) is 0 Å². The average molecular weight is 282 g/mol. The molecule has 0 aromatic rings. The van der Waals surface area contributed by atoms with Crippen molar-refractivity contribution < 1.29 is 28.2 Å². The molecule has 2 heterocycles. The molecule has 0 spiro atoms. The molecular weight excluding hydrogens is 272 g/mol. The maximum absolute atomic E-state index is 13.8. The van der Waals surface area contributed by atoms with E-state index in [1.54, 1.807) is 6.92 Å². The van der Waals surface area contributed by atoms with Gasteiger partial charge in [-0.2, -0.15) is 4.39 Å². The molecule has 1 fully saturated rings. The predicted molar refractivity (Wildman–Crippen MR) is 60.0 cm³/mol. The Balaban J connectivity index is 2.17. The molecule has 0 radical (unpaired) electrons. The first-order chi connectivity index (χ1) is 9.41. The number of allylic oxidation sites excluding steroid dienone is 2. The van der Waals surface area contributed by atoms with Crippen LogP contribution in [-0.4, -0.2) is 35.3 Å². The third kappa shape index (κ3) is 1.59. The molecule has 0 bridgehead atoms. The Hall–Kier alpha value is -2.18. The number of Topliss-reactive ketones (excluding diaryl/α,β-unsaturated/α-hetero) is 1. The molecule has 3 rings (SSSR count). The summed E-state index contributed by atoms with van der Waals surface area (Å²) in [6, 6.07) is -1.11. The lowest BCUT2D eigenvalue weighted by molar-refractivity contribution is -0.299. The number of hydrogen-bond donors (Lipinski definition) is 0. The summed E-state index contributed by atoms with van der Waals surface area (Å²) in [7, 11) is 0. The maximum atomic E-state index is 13.8. The second-order valence-electron chi connectivity index (χ2n) is 4.97. The molecule has 5 nitrogen and oxygen atoms in total. The van der Waals surface area contributed by atoms with E-state index in [1.807, 2.05) is 0 Å². The van der Waals surface area contributed by atoms with E-state index in [1.165, 1.54) is 4.90 Å². The summed E-state index contributed by atoms with van der Waals surface area (Å²) >= 11 is 0. The van der Waals surface area contributed by atoms with Crippen molar-refractivity contribution in [1.29, 1.82) is 0 Å². The third-order valence-electron chi connectivity index (χ3n) is 3.74. The second-order valence-corrected chi connectivity index (χ2v) is 4.97. The molecule has 0 amide bonds. The first-order valence-corrected chi connectivity index (χ1v) is 6.06. The Morgan fingerprint density at radius 2 is 2.20 bits per heavy atom. The number of carbonyl (C=O) groups is 2. The van der Waals surface area contributed by atoms with Crippen LogP contribution in [0, 0.1) is 5.92 Å². The van der Waals surface area contributed by atoms with Crippen molar-refractivity contribution in [2.24, 2.45) is 5.92 Å². The van der Waals surface area contributed by atoms with Gasteiger partial charge in [-0.1, -0.05) is 0 Å². The van der Waals surface area contributed by atoms with Crippen LogP contribution in [0.1, 0.15) is 6.92 Å². The Morgan fingerprint density at radius 1 is 1.50 bits per heavy atom. The number of carbonyl (C=O) groups excluding carboxylic acids is 2. The van der Waals surface area contributed by atoms with E-state index in [0.717, 1.165) is 12.3 Å². The van der Waals surface area contributed by atoms with E-state index in [4.69, 9.17) is 4.74 Å². The molecule has 2 aliphatic heterocycles. The number of halogens is 2. The zero-order chi connectivity index (χ0) is 14.6. The second kappa shape index (κ2) is 4.16. The summed E-state index contributed by atoms with van der Waals surface area (Å²) in [6.07, 6.45) is 1.94. The minimum absolute atomic E-state index is 0.0737. The highest BCUT2D eigenvalue weighted by Crippen LogP contribution is 2.41. The Bertz CT molecular complexity index is 607. The molecule has 7 heteroatoms. The van der Waals surface area contributed by atoms with E-state index in [2.05, 4.69) is 0 Å². The van der Waals surface area contributed by atoms with Gasteiger partial charge in [-0.05, 0) is 13.0 Å². The third-order valence-corrected chi connectivity index (χ3v) is 3.74. The van der Waals surface area contributed by atoms with Crippen LogP contribution in [0.5, 0.6) is 0 Å². The summed E-state index contributed by atoms with van der Waals surface area (Å²) < 4.78 is 32.5.